The van der Waals surface area contributed by atoms with Gasteiger partial charge in [0.15, 0.2) is 0 Å². The van der Waals surface area contributed by atoms with E-state index in [-0.39, 0.29) is 17.2 Å². The molecular weight excluding hydrogens is 492 g/mol. The van der Waals surface area contributed by atoms with Gasteiger partial charge in [0.05, 0.1) is 36.1 Å². The molecule has 4 aromatic rings. The Kier molecular flexibility index (Phi) is 7.51. The molecule has 3 aromatic heterocycles. The van der Waals surface area contributed by atoms with Crippen molar-refractivity contribution >= 4 is 27.3 Å². The predicted octanol–water partition coefficient (Wildman–Crippen LogP) is 2.18. The molecule has 0 aliphatic heterocycles. The maximum Gasteiger partial charge on any atom is 0.268 e. The summed E-state index contributed by atoms with van der Waals surface area (Å²) in [7, 11) is -2.26. The van der Waals surface area contributed by atoms with Crippen LogP contribution in [0.3, 0.4) is 0 Å². The molecule has 1 unspecified atom stereocenters. The number of amides is 1. The Labute approximate surface area is 205 Å². The van der Waals surface area contributed by atoms with Gasteiger partial charge in [-0.15, -0.1) is 16.4 Å². The van der Waals surface area contributed by atoms with Crippen molar-refractivity contribution in [2.75, 3.05) is 7.11 Å². The first-order valence-electron chi connectivity index (χ1n) is 10.4. The number of hydrogen-bond acceptors (Lipinski definition) is 9. The quantitative estimate of drug-likeness (QED) is 0.215. The third kappa shape index (κ3) is 5.89. The average molecular weight is 515 g/mol. The summed E-state index contributed by atoms with van der Waals surface area (Å²) in [6.45, 7) is -0.133. The molecule has 0 saturated carbocycles. The van der Waals surface area contributed by atoms with Gasteiger partial charge in [-0.05, 0) is 42.0 Å². The van der Waals surface area contributed by atoms with E-state index in [1.54, 1.807) is 48.1 Å². The molecule has 0 aliphatic rings. The van der Waals surface area contributed by atoms with Gasteiger partial charge in [0, 0.05) is 12.6 Å². The monoisotopic (exact) mass is 514 g/mol. The van der Waals surface area contributed by atoms with Crippen LogP contribution < -0.4 is 14.9 Å². The van der Waals surface area contributed by atoms with Crippen molar-refractivity contribution in [3.63, 3.8) is 0 Å². The minimum absolute atomic E-state index is 0.133. The molecule has 0 fully saturated rings. The molecule has 3 heterocycles. The molecule has 0 bridgehead atoms. The number of thiophene rings is 1. The number of pyridine rings is 1. The molecule has 13 heteroatoms. The smallest absolute Gasteiger partial charge is 0.268 e. The molecule has 3 N–H and O–H groups in total. The van der Waals surface area contributed by atoms with E-state index in [2.05, 4.69) is 20.0 Å². The van der Waals surface area contributed by atoms with Crippen molar-refractivity contribution in [2.24, 2.45) is 0 Å². The summed E-state index contributed by atoms with van der Waals surface area (Å²) in [6, 6.07) is 14.9. The van der Waals surface area contributed by atoms with Crippen molar-refractivity contribution in [1.82, 2.24) is 30.2 Å². The van der Waals surface area contributed by atoms with E-state index in [9.17, 15) is 18.4 Å². The number of carbonyl (C=O) groups is 1. The number of hydrogen-bond donors (Lipinski definition) is 3. The maximum atomic E-state index is 12.8. The zero-order valence-electron chi connectivity index (χ0n) is 18.5. The lowest BCUT2D eigenvalue weighted by Crippen LogP contribution is -2.32. The van der Waals surface area contributed by atoms with Gasteiger partial charge in [-0.25, -0.2) is 23.3 Å². The van der Waals surface area contributed by atoms with Gasteiger partial charge in [0.25, 0.3) is 5.91 Å². The van der Waals surface area contributed by atoms with E-state index < -0.39 is 22.0 Å². The van der Waals surface area contributed by atoms with E-state index in [1.807, 2.05) is 12.1 Å². The predicted molar refractivity (Wildman–Crippen MR) is 127 cm³/mol. The van der Waals surface area contributed by atoms with Gasteiger partial charge < -0.3 is 4.74 Å². The minimum Gasteiger partial charge on any atom is -0.497 e. The van der Waals surface area contributed by atoms with Crippen molar-refractivity contribution in [3.05, 3.63) is 78.2 Å². The van der Waals surface area contributed by atoms with Crippen LogP contribution in [-0.2, 0) is 27.8 Å². The van der Waals surface area contributed by atoms with Gasteiger partial charge in [-0.3, -0.25) is 15.0 Å². The van der Waals surface area contributed by atoms with Crippen LogP contribution in [-0.4, -0.2) is 46.6 Å². The molecule has 0 aliphatic carbocycles. The first-order chi connectivity index (χ1) is 16.9. The zero-order chi connectivity index (χ0) is 24.8. The normalized spacial score (nSPS) is 12.3. The minimum atomic E-state index is -3.80. The second kappa shape index (κ2) is 10.7. The third-order valence-electron chi connectivity index (χ3n) is 5.06. The van der Waals surface area contributed by atoms with Gasteiger partial charge in [-0.1, -0.05) is 23.4 Å². The number of aromatic nitrogens is 4. The first kappa shape index (κ1) is 24.5. The lowest BCUT2D eigenvalue weighted by atomic mass is 10.1. The van der Waals surface area contributed by atoms with Gasteiger partial charge >= 0.3 is 0 Å². The SMILES string of the molecule is COc1cccc(CC(C(=O)NO)n2cc(CNS(=O)(=O)c3ccc(-c4ccccn4)s3)nn2)c1. The Morgan fingerprint density at radius 3 is 2.80 bits per heavy atom. The molecule has 0 spiro atoms. The summed E-state index contributed by atoms with van der Waals surface area (Å²) in [5, 5.41) is 17.1. The number of rotatable bonds is 10. The second-order valence-corrected chi connectivity index (χ2v) is 10.5. The standard InChI is InChI=1S/C22H22N6O5S2/c1-33-17-6-4-5-15(11-17)12-19(22(29)26-30)28-14-16(25-27-28)13-24-35(31,32)21-9-8-20(34-21)18-7-2-3-10-23-18/h2-11,14,19,24,30H,12-13H2,1H3,(H,26,29). The third-order valence-corrected chi connectivity index (χ3v) is 8.06. The fourth-order valence-electron chi connectivity index (χ4n) is 3.30. The van der Waals surface area contributed by atoms with Crippen LogP contribution in [0.5, 0.6) is 5.75 Å². The lowest BCUT2D eigenvalue weighted by Gasteiger charge is -2.15. The number of sulfonamides is 1. The van der Waals surface area contributed by atoms with Gasteiger partial charge in [-0.2, -0.15) is 0 Å². The van der Waals surface area contributed by atoms with E-state index >= 15 is 0 Å². The first-order valence-corrected chi connectivity index (χ1v) is 12.7. The Hall–Kier alpha value is -3.65. The van der Waals surface area contributed by atoms with Gasteiger partial charge in [0.2, 0.25) is 10.0 Å². The molecular formula is C22H22N6O5S2. The lowest BCUT2D eigenvalue weighted by molar-refractivity contribution is -0.133. The zero-order valence-corrected chi connectivity index (χ0v) is 20.2. The number of ether oxygens (including phenoxy) is 1. The van der Waals surface area contributed by atoms with Crippen molar-refractivity contribution in [3.8, 4) is 16.3 Å². The largest absolute Gasteiger partial charge is 0.497 e. The summed E-state index contributed by atoms with van der Waals surface area (Å²) in [4.78, 5) is 17.3. The van der Waals surface area contributed by atoms with E-state index in [0.29, 0.717) is 17.1 Å². The molecule has 1 amide bonds. The summed E-state index contributed by atoms with van der Waals surface area (Å²) in [5.41, 5.74) is 3.40. The maximum absolute atomic E-state index is 12.8. The van der Waals surface area contributed by atoms with Crippen LogP contribution >= 0.6 is 11.3 Å². The van der Waals surface area contributed by atoms with Crippen LogP contribution in [0, 0.1) is 0 Å². The fourth-order valence-corrected chi connectivity index (χ4v) is 5.63. The summed E-state index contributed by atoms with van der Waals surface area (Å²) in [6.07, 6.45) is 3.30. The molecule has 11 nitrogen and oxygen atoms in total. The van der Waals surface area contributed by atoms with E-state index in [1.165, 1.54) is 24.1 Å². The second-order valence-electron chi connectivity index (χ2n) is 7.40. The van der Waals surface area contributed by atoms with Crippen LogP contribution in [0.1, 0.15) is 17.3 Å². The number of methoxy groups -OCH3 is 1. The van der Waals surface area contributed by atoms with Crippen LogP contribution in [0.25, 0.3) is 10.6 Å². The van der Waals surface area contributed by atoms with Crippen LogP contribution in [0.2, 0.25) is 0 Å². The molecule has 1 atom stereocenters. The van der Waals surface area contributed by atoms with E-state index in [0.717, 1.165) is 21.8 Å². The molecule has 0 radical (unpaired) electrons. The Morgan fingerprint density at radius 2 is 2.06 bits per heavy atom. The summed E-state index contributed by atoms with van der Waals surface area (Å²) in [5.74, 6) is -0.0652. The Morgan fingerprint density at radius 1 is 1.20 bits per heavy atom. The summed E-state index contributed by atoms with van der Waals surface area (Å²) < 4.78 is 34.6. The molecule has 1 aromatic carbocycles. The van der Waals surface area contributed by atoms with Crippen LogP contribution in [0.4, 0.5) is 0 Å². The van der Waals surface area contributed by atoms with Gasteiger partial charge in [0.1, 0.15) is 16.0 Å². The van der Waals surface area contributed by atoms with E-state index in [4.69, 9.17) is 4.74 Å². The van der Waals surface area contributed by atoms with Crippen molar-refractivity contribution in [2.45, 2.75) is 23.2 Å². The van der Waals surface area contributed by atoms with Crippen molar-refractivity contribution < 1.29 is 23.2 Å². The highest BCUT2D eigenvalue weighted by molar-refractivity contribution is 7.91. The number of nitrogens with one attached hydrogen (secondary N) is 2. The number of nitrogens with zero attached hydrogens (tertiary/aromatic N) is 4. The summed E-state index contributed by atoms with van der Waals surface area (Å²) >= 11 is 1.10. The Balaban J connectivity index is 1.46. The highest BCUT2D eigenvalue weighted by atomic mass is 32.2. The number of carbonyl (C=O) groups excluding carboxylic acids is 1. The molecule has 182 valence electrons. The van der Waals surface area contributed by atoms with Crippen LogP contribution in [0.15, 0.2) is 71.2 Å². The highest BCUT2D eigenvalue weighted by Crippen LogP contribution is 2.29. The average Bonchev–Trinajstić information content (AvgIpc) is 3.57. The molecule has 35 heavy (non-hydrogen) atoms. The Bertz CT molecular complexity index is 1400. The number of benzene rings is 1. The fraction of sp³-hybridized carbons (Fsp3) is 0.182. The number of hydroxylamine groups is 1. The molecule has 0 saturated heterocycles. The highest BCUT2D eigenvalue weighted by Gasteiger charge is 2.24. The topological polar surface area (TPSA) is 148 Å². The molecule has 4 rings (SSSR count). The van der Waals surface area contributed by atoms with Crippen molar-refractivity contribution in [1.29, 1.82) is 0 Å².